The molecule has 0 saturated heterocycles. The summed E-state index contributed by atoms with van der Waals surface area (Å²) in [5, 5.41) is 6.99. The third-order valence-electron chi connectivity index (χ3n) is 3.77. The molecule has 2 aromatic heterocycles. The lowest BCUT2D eigenvalue weighted by Gasteiger charge is -2.10. The van der Waals surface area contributed by atoms with E-state index in [4.69, 9.17) is 28.9 Å². The van der Waals surface area contributed by atoms with Crippen molar-refractivity contribution in [2.24, 2.45) is 0 Å². The Morgan fingerprint density at radius 3 is 2.19 bits per heavy atom. The van der Waals surface area contributed by atoms with Gasteiger partial charge in [0.2, 0.25) is 0 Å². The largest absolute Gasteiger partial charge is 0.399 e. The van der Waals surface area contributed by atoms with Crippen LogP contribution in [0.25, 0.3) is 0 Å². The molecule has 0 bridgehead atoms. The predicted molar refractivity (Wildman–Crippen MR) is 125 cm³/mol. The molecule has 2 aromatic carbocycles. The van der Waals surface area contributed by atoms with E-state index >= 15 is 0 Å². The summed E-state index contributed by atoms with van der Waals surface area (Å²) >= 11 is 11.5. The van der Waals surface area contributed by atoms with Gasteiger partial charge in [0.1, 0.15) is 0 Å². The Morgan fingerprint density at radius 2 is 1.55 bits per heavy atom. The van der Waals surface area contributed by atoms with Gasteiger partial charge < -0.3 is 16.4 Å². The second kappa shape index (κ2) is 10.9. The highest BCUT2D eigenvalue weighted by Crippen LogP contribution is 2.19. The molecule has 0 aliphatic heterocycles. The van der Waals surface area contributed by atoms with Crippen molar-refractivity contribution in [3.63, 3.8) is 0 Å². The van der Waals surface area contributed by atoms with Crippen molar-refractivity contribution in [1.29, 1.82) is 0 Å². The monoisotopic (exact) mass is 452 g/mol. The van der Waals surface area contributed by atoms with Crippen molar-refractivity contribution in [2.45, 2.75) is 0 Å². The van der Waals surface area contributed by atoms with E-state index in [1.165, 1.54) is 12.4 Å². The second-order valence-electron chi connectivity index (χ2n) is 6.14. The van der Waals surface area contributed by atoms with Crippen LogP contribution >= 0.6 is 23.2 Å². The SMILES string of the molecule is Nc1cccc(Cl)c1.O=C(Nc1cccc(Cl)c1)c1nccnc1Nc1cccnc1. The fourth-order valence-electron chi connectivity index (χ4n) is 2.43. The first kappa shape index (κ1) is 22.0. The summed E-state index contributed by atoms with van der Waals surface area (Å²) < 4.78 is 0. The third-order valence-corrected chi connectivity index (χ3v) is 4.24. The number of pyridine rings is 1. The van der Waals surface area contributed by atoms with Gasteiger partial charge in [-0.25, -0.2) is 9.97 Å². The van der Waals surface area contributed by atoms with Crippen molar-refractivity contribution >= 4 is 52.0 Å². The lowest BCUT2D eigenvalue weighted by atomic mass is 10.3. The number of anilines is 4. The molecule has 4 N–H and O–H groups in total. The maximum Gasteiger partial charge on any atom is 0.278 e. The van der Waals surface area contributed by atoms with Crippen LogP contribution in [0.2, 0.25) is 10.0 Å². The molecular weight excluding hydrogens is 435 g/mol. The number of carbonyl (C=O) groups excluding carboxylic acids is 1. The fraction of sp³-hybridized carbons (Fsp3) is 0. The molecule has 4 rings (SSSR count). The number of nitrogen functional groups attached to an aromatic ring is 1. The van der Waals surface area contributed by atoms with E-state index in [0.29, 0.717) is 32.9 Å². The standard InChI is InChI=1S/C16H12ClN5O.C6H6ClN/c17-11-3-1-4-12(9-11)22-16(23)14-15(20-8-7-19-14)21-13-5-2-6-18-10-13;7-5-2-1-3-6(8)4-5/h1-10H,(H,20,21)(H,22,23);1-4H,8H2. The van der Waals surface area contributed by atoms with Crippen molar-refractivity contribution < 1.29 is 4.79 Å². The molecule has 0 fully saturated rings. The molecule has 156 valence electrons. The fourth-order valence-corrected chi connectivity index (χ4v) is 2.82. The smallest absolute Gasteiger partial charge is 0.278 e. The highest BCUT2D eigenvalue weighted by Gasteiger charge is 2.15. The molecule has 0 atom stereocenters. The van der Waals surface area contributed by atoms with Gasteiger partial charge in [-0.1, -0.05) is 35.3 Å². The number of amides is 1. The number of nitrogens with two attached hydrogens (primary N) is 1. The van der Waals surface area contributed by atoms with Gasteiger partial charge in [-0.3, -0.25) is 9.78 Å². The maximum atomic E-state index is 12.4. The second-order valence-corrected chi connectivity index (χ2v) is 7.01. The summed E-state index contributed by atoms with van der Waals surface area (Å²) in [6.07, 6.45) is 6.26. The van der Waals surface area contributed by atoms with Crippen LogP contribution in [0.5, 0.6) is 0 Å². The zero-order valence-corrected chi connectivity index (χ0v) is 17.7. The van der Waals surface area contributed by atoms with Crippen molar-refractivity contribution in [3.8, 4) is 0 Å². The number of nitrogens with zero attached hydrogens (tertiary/aromatic N) is 3. The van der Waals surface area contributed by atoms with Gasteiger partial charge in [0.05, 0.1) is 11.9 Å². The van der Waals surface area contributed by atoms with Crippen molar-refractivity contribution in [1.82, 2.24) is 15.0 Å². The first-order valence-corrected chi connectivity index (χ1v) is 9.83. The van der Waals surface area contributed by atoms with Crippen molar-refractivity contribution in [3.05, 3.63) is 101 Å². The van der Waals surface area contributed by atoms with Crippen molar-refractivity contribution in [2.75, 3.05) is 16.4 Å². The van der Waals surface area contributed by atoms with Crippen LogP contribution in [0.3, 0.4) is 0 Å². The van der Waals surface area contributed by atoms with E-state index in [0.717, 1.165) is 0 Å². The molecule has 9 heteroatoms. The van der Waals surface area contributed by atoms with E-state index in [1.54, 1.807) is 60.9 Å². The Kier molecular flexibility index (Phi) is 7.75. The number of hydrogen-bond donors (Lipinski definition) is 3. The summed E-state index contributed by atoms with van der Waals surface area (Å²) in [5.74, 6) is -0.0354. The van der Waals surface area contributed by atoms with E-state index in [-0.39, 0.29) is 11.6 Å². The summed E-state index contributed by atoms with van der Waals surface area (Å²) in [6, 6.07) is 17.6. The first-order chi connectivity index (χ1) is 15.0. The average Bonchev–Trinajstić information content (AvgIpc) is 2.75. The molecule has 0 aliphatic rings. The van der Waals surface area contributed by atoms with Crippen LogP contribution in [0, 0.1) is 0 Å². The van der Waals surface area contributed by atoms with Crippen LogP contribution in [0.1, 0.15) is 10.5 Å². The molecule has 0 saturated carbocycles. The third kappa shape index (κ3) is 6.95. The Hall–Kier alpha value is -3.68. The minimum Gasteiger partial charge on any atom is -0.399 e. The summed E-state index contributed by atoms with van der Waals surface area (Å²) in [6.45, 7) is 0. The van der Waals surface area contributed by atoms with Gasteiger partial charge in [0.25, 0.3) is 5.91 Å². The Bertz CT molecular complexity index is 1140. The molecular formula is C22H18Cl2N6O. The van der Waals surface area contributed by atoms with E-state index in [2.05, 4.69) is 25.6 Å². The number of halogens is 2. The quantitative estimate of drug-likeness (QED) is 0.355. The zero-order chi connectivity index (χ0) is 22.1. The number of aromatic nitrogens is 3. The highest BCUT2D eigenvalue weighted by molar-refractivity contribution is 6.31. The predicted octanol–water partition coefficient (Wildman–Crippen LogP) is 5.44. The van der Waals surface area contributed by atoms with Crippen LogP contribution < -0.4 is 16.4 Å². The minimum absolute atomic E-state index is 0.177. The molecule has 7 nitrogen and oxygen atoms in total. The average molecular weight is 453 g/mol. The number of nitrogens with one attached hydrogen (secondary N) is 2. The Balaban J connectivity index is 0.000000287. The lowest BCUT2D eigenvalue weighted by molar-refractivity contribution is 0.102. The van der Waals surface area contributed by atoms with Gasteiger partial charge in [0.15, 0.2) is 11.5 Å². The maximum absolute atomic E-state index is 12.4. The summed E-state index contributed by atoms with van der Waals surface area (Å²) in [4.78, 5) is 24.7. The van der Waals surface area contributed by atoms with Crippen LogP contribution in [0.4, 0.5) is 22.9 Å². The summed E-state index contributed by atoms with van der Waals surface area (Å²) in [7, 11) is 0. The molecule has 4 aromatic rings. The van der Waals surface area contributed by atoms with Crippen LogP contribution in [0.15, 0.2) is 85.5 Å². The molecule has 0 radical (unpaired) electrons. The van der Waals surface area contributed by atoms with Crippen LogP contribution in [-0.2, 0) is 0 Å². The number of benzene rings is 2. The highest BCUT2D eigenvalue weighted by atomic mass is 35.5. The van der Waals surface area contributed by atoms with E-state index in [9.17, 15) is 4.79 Å². The molecule has 1 amide bonds. The van der Waals surface area contributed by atoms with E-state index < -0.39 is 0 Å². The Labute approximate surface area is 189 Å². The van der Waals surface area contributed by atoms with Gasteiger partial charge >= 0.3 is 0 Å². The van der Waals surface area contributed by atoms with Gasteiger partial charge in [-0.05, 0) is 48.5 Å². The summed E-state index contributed by atoms with van der Waals surface area (Å²) in [5.41, 5.74) is 7.55. The normalized spacial score (nSPS) is 9.87. The number of hydrogen-bond acceptors (Lipinski definition) is 6. The van der Waals surface area contributed by atoms with Gasteiger partial charge in [-0.15, -0.1) is 0 Å². The zero-order valence-electron chi connectivity index (χ0n) is 16.2. The first-order valence-electron chi connectivity index (χ1n) is 9.07. The topological polar surface area (TPSA) is 106 Å². The van der Waals surface area contributed by atoms with Gasteiger partial charge in [-0.2, -0.15) is 0 Å². The van der Waals surface area contributed by atoms with Crippen LogP contribution in [-0.4, -0.2) is 20.9 Å². The molecule has 0 unspecified atom stereocenters. The minimum atomic E-state index is -0.383. The number of carbonyl (C=O) groups is 1. The van der Waals surface area contributed by atoms with E-state index in [1.807, 2.05) is 12.1 Å². The van der Waals surface area contributed by atoms with Gasteiger partial charge in [0, 0.05) is 40.0 Å². The number of rotatable bonds is 4. The Morgan fingerprint density at radius 1 is 0.839 bits per heavy atom. The lowest BCUT2D eigenvalue weighted by Crippen LogP contribution is -2.16. The molecule has 0 spiro atoms. The molecule has 0 aliphatic carbocycles. The molecule has 2 heterocycles. The molecule has 31 heavy (non-hydrogen) atoms.